The SMILES string of the molecule is CCN(CC(C)CN)C(=O)c1ccc(OC)cc1. The van der Waals surface area contributed by atoms with E-state index in [0.29, 0.717) is 31.1 Å². The van der Waals surface area contributed by atoms with Gasteiger partial charge in [-0.15, -0.1) is 0 Å². The average Bonchev–Trinajstić information content (AvgIpc) is 2.43. The maximum Gasteiger partial charge on any atom is 0.253 e. The quantitative estimate of drug-likeness (QED) is 0.837. The Morgan fingerprint density at radius 1 is 1.39 bits per heavy atom. The molecule has 1 aromatic rings. The summed E-state index contributed by atoms with van der Waals surface area (Å²) >= 11 is 0. The number of nitrogens with two attached hydrogens (primary N) is 1. The normalized spacial score (nSPS) is 12.0. The Kier molecular flexibility index (Phi) is 5.65. The first-order valence-electron chi connectivity index (χ1n) is 6.25. The number of methoxy groups -OCH3 is 1. The molecule has 1 rings (SSSR count). The summed E-state index contributed by atoms with van der Waals surface area (Å²) in [7, 11) is 1.61. The molecule has 0 aromatic heterocycles. The van der Waals surface area contributed by atoms with E-state index in [1.54, 1.807) is 31.4 Å². The highest BCUT2D eigenvalue weighted by molar-refractivity contribution is 5.94. The summed E-state index contributed by atoms with van der Waals surface area (Å²) in [6.45, 7) is 5.99. The van der Waals surface area contributed by atoms with Crippen LogP contribution in [0.5, 0.6) is 5.75 Å². The fourth-order valence-corrected chi connectivity index (χ4v) is 1.72. The second kappa shape index (κ2) is 7.01. The van der Waals surface area contributed by atoms with Crippen LogP contribution in [0.2, 0.25) is 0 Å². The summed E-state index contributed by atoms with van der Waals surface area (Å²) in [5.74, 6) is 1.11. The fourth-order valence-electron chi connectivity index (χ4n) is 1.72. The molecule has 1 unspecified atom stereocenters. The molecule has 18 heavy (non-hydrogen) atoms. The van der Waals surface area contributed by atoms with Crippen molar-refractivity contribution in [3.8, 4) is 5.75 Å². The van der Waals surface area contributed by atoms with Crippen LogP contribution in [0.25, 0.3) is 0 Å². The molecule has 0 saturated carbocycles. The van der Waals surface area contributed by atoms with Crippen molar-refractivity contribution in [3.05, 3.63) is 29.8 Å². The monoisotopic (exact) mass is 250 g/mol. The number of ether oxygens (including phenoxy) is 1. The molecular formula is C14H22N2O2. The Bertz CT molecular complexity index is 376. The summed E-state index contributed by atoms with van der Waals surface area (Å²) in [6, 6.07) is 7.18. The maximum absolute atomic E-state index is 12.3. The van der Waals surface area contributed by atoms with Gasteiger partial charge in [0.15, 0.2) is 0 Å². The second-order valence-electron chi connectivity index (χ2n) is 4.41. The molecule has 4 heteroatoms. The molecule has 0 heterocycles. The minimum Gasteiger partial charge on any atom is -0.497 e. The third kappa shape index (κ3) is 3.74. The zero-order chi connectivity index (χ0) is 13.5. The molecule has 0 saturated heterocycles. The highest BCUT2D eigenvalue weighted by Crippen LogP contribution is 2.13. The Hall–Kier alpha value is -1.55. The predicted octanol–water partition coefficient (Wildman–Crippen LogP) is 1.75. The Morgan fingerprint density at radius 3 is 2.44 bits per heavy atom. The second-order valence-corrected chi connectivity index (χ2v) is 4.41. The van der Waals surface area contributed by atoms with Crippen LogP contribution in [0.3, 0.4) is 0 Å². The highest BCUT2D eigenvalue weighted by Gasteiger charge is 2.16. The lowest BCUT2D eigenvalue weighted by molar-refractivity contribution is 0.0744. The molecule has 1 amide bonds. The van der Waals surface area contributed by atoms with Crippen LogP contribution >= 0.6 is 0 Å². The van der Waals surface area contributed by atoms with Gasteiger partial charge in [-0.25, -0.2) is 0 Å². The van der Waals surface area contributed by atoms with E-state index in [4.69, 9.17) is 10.5 Å². The lowest BCUT2D eigenvalue weighted by Crippen LogP contribution is -2.36. The van der Waals surface area contributed by atoms with Gasteiger partial charge in [0, 0.05) is 18.7 Å². The van der Waals surface area contributed by atoms with Crippen molar-refractivity contribution in [2.75, 3.05) is 26.7 Å². The van der Waals surface area contributed by atoms with Crippen LogP contribution in [0.4, 0.5) is 0 Å². The van der Waals surface area contributed by atoms with E-state index in [9.17, 15) is 4.79 Å². The van der Waals surface area contributed by atoms with Crippen LogP contribution in [-0.2, 0) is 0 Å². The zero-order valence-electron chi connectivity index (χ0n) is 11.3. The van der Waals surface area contributed by atoms with Gasteiger partial charge >= 0.3 is 0 Å². The Balaban J connectivity index is 2.76. The molecule has 0 aliphatic carbocycles. The van der Waals surface area contributed by atoms with Crippen LogP contribution < -0.4 is 10.5 Å². The van der Waals surface area contributed by atoms with E-state index >= 15 is 0 Å². The molecule has 0 aliphatic rings. The number of amides is 1. The topological polar surface area (TPSA) is 55.6 Å². The minimum atomic E-state index is 0.0421. The van der Waals surface area contributed by atoms with Crippen molar-refractivity contribution < 1.29 is 9.53 Å². The van der Waals surface area contributed by atoms with Crippen LogP contribution in [0.1, 0.15) is 24.2 Å². The first-order chi connectivity index (χ1) is 8.62. The van der Waals surface area contributed by atoms with E-state index in [0.717, 1.165) is 5.75 Å². The lowest BCUT2D eigenvalue weighted by Gasteiger charge is -2.24. The number of hydrogen-bond donors (Lipinski definition) is 1. The number of carbonyl (C=O) groups is 1. The first-order valence-corrected chi connectivity index (χ1v) is 6.25. The molecule has 100 valence electrons. The molecule has 2 N–H and O–H groups in total. The van der Waals surface area contributed by atoms with Crippen molar-refractivity contribution in [1.29, 1.82) is 0 Å². The predicted molar refractivity (Wildman–Crippen MR) is 72.8 cm³/mol. The minimum absolute atomic E-state index is 0.0421. The number of rotatable bonds is 6. The fraction of sp³-hybridized carbons (Fsp3) is 0.500. The van der Waals surface area contributed by atoms with Gasteiger partial charge in [-0.1, -0.05) is 6.92 Å². The van der Waals surface area contributed by atoms with Crippen LogP contribution in [-0.4, -0.2) is 37.6 Å². The number of benzene rings is 1. The molecule has 0 spiro atoms. The zero-order valence-corrected chi connectivity index (χ0v) is 11.3. The van der Waals surface area contributed by atoms with Crippen LogP contribution in [0.15, 0.2) is 24.3 Å². The smallest absolute Gasteiger partial charge is 0.253 e. The van der Waals surface area contributed by atoms with Gasteiger partial charge < -0.3 is 15.4 Å². The number of hydrogen-bond acceptors (Lipinski definition) is 3. The van der Waals surface area contributed by atoms with Crippen molar-refractivity contribution in [3.63, 3.8) is 0 Å². The molecule has 0 radical (unpaired) electrons. The number of nitrogens with zero attached hydrogens (tertiary/aromatic N) is 1. The molecule has 4 nitrogen and oxygen atoms in total. The Morgan fingerprint density at radius 2 is 2.00 bits per heavy atom. The summed E-state index contributed by atoms with van der Waals surface area (Å²) < 4.78 is 5.08. The van der Waals surface area contributed by atoms with Crippen molar-refractivity contribution in [2.45, 2.75) is 13.8 Å². The van der Waals surface area contributed by atoms with Gasteiger partial charge in [-0.2, -0.15) is 0 Å². The van der Waals surface area contributed by atoms with Crippen molar-refractivity contribution >= 4 is 5.91 Å². The van der Waals surface area contributed by atoms with Crippen LogP contribution in [0, 0.1) is 5.92 Å². The van der Waals surface area contributed by atoms with Gasteiger partial charge in [-0.05, 0) is 43.7 Å². The third-order valence-electron chi connectivity index (χ3n) is 2.94. The highest BCUT2D eigenvalue weighted by atomic mass is 16.5. The molecule has 0 bridgehead atoms. The summed E-state index contributed by atoms with van der Waals surface area (Å²) in [5.41, 5.74) is 6.28. The van der Waals surface area contributed by atoms with Crippen molar-refractivity contribution in [1.82, 2.24) is 4.90 Å². The lowest BCUT2D eigenvalue weighted by atomic mass is 10.1. The maximum atomic E-state index is 12.3. The van der Waals surface area contributed by atoms with Crippen molar-refractivity contribution in [2.24, 2.45) is 11.7 Å². The molecule has 0 fully saturated rings. The molecule has 0 aliphatic heterocycles. The number of carbonyl (C=O) groups excluding carboxylic acids is 1. The van der Waals surface area contributed by atoms with Gasteiger partial charge in [0.2, 0.25) is 0 Å². The molecular weight excluding hydrogens is 228 g/mol. The van der Waals surface area contributed by atoms with Gasteiger partial charge in [0.05, 0.1) is 7.11 Å². The first kappa shape index (κ1) is 14.5. The summed E-state index contributed by atoms with van der Waals surface area (Å²) in [4.78, 5) is 14.1. The molecule has 1 aromatic carbocycles. The Labute approximate surface area is 109 Å². The average molecular weight is 250 g/mol. The third-order valence-corrected chi connectivity index (χ3v) is 2.94. The van der Waals surface area contributed by atoms with E-state index in [1.807, 2.05) is 18.7 Å². The summed E-state index contributed by atoms with van der Waals surface area (Å²) in [5, 5.41) is 0. The molecule has 1 atom stereocenters. The van der Waals surface area contributed by atoms with Gasteiger partial charge in [-0.3, -0.25) is 4.79 Å². The standard InChI is InChI=1S/C14H22N2O2/c1-4-16(10-11(2)9-15)14(17)12-5-7-13(18-3)8-6-12/h5-8,11H,4,9-10,15H2,1-3H3. The van der Waals surface area contributed by atoms with Gasteiger partial charge in [0.1, 0.15) is 5.75 Å². The summed E-state index contributed by atoms with van der Waals surface area (Å²) in [6.07, 6.45) is 0. The van der Waals surface area contributed by atoms with E-state index in [1.165, 1.54) is 0 Å². The largest absolute Gasteiger partial charge is 0.497 e. The van der Waals surface area contributed by atoms with E-state index in [2.05, 4.69) is 0 Å². The van der Waals surface area contributed by atoms with E-state index < -0.39 is 0 Å². The van der Waals surface area contributed by atoms with Gasteiger partial charge in [0.25, 0.3) is 5.91 Å². The van der Waals surface area contributed by atoms with E-state index in [-0.39, 0.29) is 5.91 Å².